The first-order chi connectivity index (χ1) is 8.65. The summed E-state index contributed by atoms with van der Waals surface area (Å²) in [6.45, 7) is 9.89. The van der Waals surface area contributed by atoms with Gasteiger partial charge in [0.2, 0.25) is 0 Å². The zero-order valence-electron chi connectivity index (χ0n) is 11.9. The van der Waals surface area contributed by atoms with Gasteiger partial charge in [-0.15, -0.1) is 0 Å². The van der Waals surface area contributed by atoms with Crippen molar-refractivity contribution in [3.63, 3.8) is 0 Å². The van der Waals surface area contributed by atoms with Gasteiger partial charge in [-0.1, -0.05) is 13.8 Å². The molecule has 102 valence electrons. The number of anilines is 1. The molecule has 1 aromatic heterocycles. The first kappa shape index (κ1) is 14.9. The molecule has 0 spiro atoms. The zero-order valence-corrected chi connectivity index (χ0v) is 11.9. The number of nitrogens with two attached hydrogens (primary N) is 1. The predicted octanol–water partition coefficient (Wildman–Crippen LogP) is 2.44. The van der Waals surface area contributed by atoms with Crippen LogP contribution in [0.15, 0.2) is 12.3 Å². The molecule has 0 saturated carbocycles. The number of nitrogen functional groups attached to an aromatic ring is 1. The van der Waals surface area contributed by atoms with Gasteiger partial charge in [-0.05, 0) is 38.4 Å². The Morgan fingerprint density at radius 2 is 2.11 bits per heavy atom. The SMILES string of the molecule is CCNC(c1c(C)ccnc1N)C(CC)OCC. The van der Waals surface area contributed by atoms with Crippen molar-refractivity contribution in [1.82, 2.24) is 10.3 Å². The minimum absolute atomic E-state index is 0.105. The summed E-state index contributed by atoms with van der Waals surface area (Å²) in [7, 11) is 0. The topological polar surface area (TPSA) is 60.2 Å². The molecule has 1 heterocycles. The Morgan fingerprint density at radius 3 is 2.61 bits per heavy atom. The van der Waals surface area contributed by atoms with Crippen LogP contribution >= 0.6 is 0 Å². The molecule has 1 aromatic rings. The van der Waals surface area contributed by atoms with Crippen LogP contribution in [-0.4, -0.2) is 24.2 Å². The van der Waals surface area contributed by atoms with Crippen LogP contribution in [0.3, 0.4) is 0 Å². The van der Waals surface area contributed by atoms with Gasteiger partial charge in [0.1, 0.15) is 5.82 Å². The Labute approximate surface area is 110 Å². The van der Waals surface area contributed by atoms with Crippen LogP contribution in [0.2, 0.25) is 0 Å². The summed E-state index contributed by atoms with van der Waals surface area (Å²) in [5, 5.41) is 3.47. The fraction of sp³-hybridized carbons (Fsp3) is 0.643. The van der Waals surface area contributed by atoms with E-state index in [9.17, 15) is 0 Å². The Balaban J connectivity index is 3.09. The molecule has 1 rings (SSSR count). The molecule has 0 radical (unpaired) electrons. The molecular formula is C14H25N3O. The van der Waals surface area contributed by atoms with Crippen molar-refractivity contribution in [1.29, 1.82) is 0 Å². The van der Waals surface area contributed by atoms with E-state index in [1.54, 1.807) is 6.20 Å². The molecule has 0 saturated heterocycles. The number of likely N-dealkylation sites (N-methyl/N-ethyl adjacent to an activating group) is 1. The highest BCUT2D eigenvalue weighted by Gasteiger charge is 2.25. The number of pyridine rings is 1. The molecule has 0 aliphatic heterocycles. The van der Waals surface area contributed by atoms with Crippen LogP contribution in [0.4, 0.5) is 5.82 Å². The average molecular weight is 251 g/mol. The van der Waals surface area contributed by atoms with E-state index in [2.05, 4.69) is 31.1 Å². The molecule has 0 aromatic carbocycles. The van der Waals surface area contributed by atoms with Crippen LogP contribution in [0.5, 0.6) is 0 Å². The van der Waals surface area contributed by atoms with E-state index < -0.39 is 0 Å². The minimum Gasteiger partial charge on any atom is -0.383 e. The van der Waals surface area contributed by atoms with E-state index in [1.165, 1.54) is 0 Å². The minimum atomic E-state index is 0.105. The number of nitrogens with zero attached hydrogens (tertiary/aromatic N) is 1. The summed E-state index contributed by atoms with van der Waals surface area (Å²) in [6, 6.07) is 2.10. The quantitative estimate of drug-likeness (QED) is 0.781. The number of aryl methyl sites for hydroxylation is 1. The van der Waals surface area contributed by atoms with Crippen LogP contribution < -0.4 is 11.1 Å². The lowest BCUT2D eigenvalue weighted by molar-refractivity contribution is 0.0317. The molecule has 4 nitrogen and oxygen atoms in total. The maximum Gasteiger partial charge on any atom is 0.128 e. The molecule has 3 N–H and O–H groups in total. The summed E-state index contributed by atoms with van der Waals surface area (Å²) in [6.07, 6.45) is 2.82. The van der Waals surface area contributed by atoms with Crippen LogP contribution in [0.25, 0.3) is 0 Å². The van der Waals surface area contributed by atoms with Gasteiger partial charge in [-0.2, -0.15) is 0 Å². The van der Waals surface area contributed by atoms with Gasteiger partial charge in [0.05, 0.1) is 12.1 Å². The van der Waals surface area contributed by atoms with Crippen molar-refractivity contribution in [2.75, 3.05) is 18.9 Å². The fourth-order valence-electron chi connectivity index (χ4n) is 2.30. The molecule has 0 fully saturated rings. The van der Waals surface area contributed by atoms with Gasteiger partial charge < -0.3 is 15.8 Å². The number of aromatic nitrogens is 1. The lowest BCUT2D eigenvalue weighted by Gasteiger charge is -2.29. The van der Waals surface area contributed by atoms with E-state index in [0.717, 1.165) is 24.1 Å². The van der Waals surface area contributed by atoms with Crippen molar-refractivity contribution in [3.8, 4) is 0 Å². The number of hydrogen-bond acceptors (Lipinski definition) is 4. The Kier molecular flexibility index (Phi) is 6.09. The maximum atomic E-state index is 6.03. The van der Waals surface area contributed by atoms with E-state index in [0.29, 0.717) is 12.4 Å². The zero-order chi connectivity index (χ0) is 13.5. The molecular weight excluding hydrogens is 226 g/mol. The summed E-state index contributed by atoms with van der Waals surface area (Å²) >= 11 is 0. The molecule has 2 unspecified atom stereocenters. The molecule has 0 amide bonds. The Hall–Kier alpha value is -1.13. The predicted molar refractivity (Wildman–Crippen MR) is 75.5 cm³/mol. The highest BCUT2D eigenvalue weighted by molar-refractivity contribution is 5.46. The normalized spacial score (nSPS) is 14.4. The molecule has 0 aliphatic rings. The van der Waals surface area contributed by atoms with E-state index >= 15 is 0 Å². The van der Waals surface area contributed by atoms with Crippen molar-refractivity contribution in [2.24, 2.45) is 0 Å². The van der Waals surface area contributed by atoms with Gasteiger partial charge in [0, 0.05) is 18.4 Å². The van der Waals surface area contributed by atoms with Crippen molar-refractivity contribution in [2.45, 2.75) is 46.3 Å². The standard InChI is InChI=1S/C14H25N3O/c1-5-11(18-7-3)13(16-6-2)12-10(4)8-9-17-14(12)15/h8-9,11,13,16H,5-7H2,1-4H3,(H2,15,17). The number of ether oxygens (including phenoxy) is 1. The summed E-state index contributed by atoms with van der Waals surface area (Å²) in [5.74, 6) is 0.596. The van der Waals surface area contributed by atoms with Gasteiger partial charge in [-0.3, -0.25) is 0 Å². The third-order valence-corrected chi connectivity index (χ3v) is 3.13. The average Bonchev–Trinajstić information content (AvgIpc) is 2.35. The number of nitrogens with one attached hydrogen (secondary N) is 1. The van der Waals surface area contributed by atoms with Gasteiger partial charge in [0.15, 0.2) is 0 Å². The largest absolute Gasteiger partial charge is 0.383 e. The summed E-state index contributed by atoms with van der Waals surface area (Å²) in [5.41, 5.74) is 8.26. The third-order valence-electron chi connectivity index (χ3n) is 3.13. The lowest BCUT2D eigenvalue weighted by Crippen LogP contribution is -2.34. The molecule has 2 atom stereocenters. The molecule has 4 heteroatoms. The van der Waals surface area contributed by atoms with E-state index in [1.807, 2.05) is 13.0 Å². The first-order valence-corrected chi connectivity index (χ1v) is 6.71. The highest BCUT2D eigenvalue weighted by Crippen LogP contribution is 2.28. The lowest BCUT2D eigenvalue weighted by atomic mass is 9.96. The number of hydrogen-bond donors (Lipinski definition) is 2. The fourth-order valence-corrected chi connectivity index (χ4v) is 2.30. The van der Waals surface area contributed by atoms with Gasteiger partial charge >= 0.3 is 0 Å². The highest BCUT2D eigenvalue weighted by atomic mass is 16.5. The van der Waals surface area contributed by atoms with Crippen molar-refractivity contribution >= 4 is 5.82 Å². The summed E-state index contributed by atoms with van der Waals surface area (Å²) in [4.78, 5) is 4.20. The van der Waals surface area contributed by atoms with Crippen LogP contribution in [0, 0.1) is 6.92 Å². The summed E-state index contributed by atoms with van der Waals surface area (Å²) < 4.78 is 5.82. The Bertz CT molecular complexity index is 348. The third kappa shape index (κ3) is 3.43. The van der Waals surface area contributed by atoms with Crippen LogP contribution in [-0.2, 0) is 4.74 Å². The van der Waals surface area contributed by atoms with Crippen molar-refractivity contribution in [3.05, 3.63) is 23.4 Å². The van der Waals surface area contributed by atoms with E-state index in [-0.39, 0.29) is 12.1 Å². The maximum absolute atomic E-state index is 6.03. The van der Waals surface area contributed by atoms with E-state index in [4.69, 9.17) is 10.5 Å². The van der Waals surface area contributed by atoms with Gasteiger partial charge in [-0.25, -0.2) is 4.98 Å². The van der Waals surface area contributed by atoms with Gasteiger partial charge in [0.25, 0.3) is 0 Å². The second kappa shape index (κ2) is 7.34. The molecule has 0 aliphatic carbocycles. The number of rotatable bonds is 7. The smallest absolute Gasteiger partial charge is 0.128 e. The first-order valence-electron chi connectivity index (χ1n) is 6.71. The second-order valence-electron chi connectivity index (χ2n) is 4.36. The molecule has 0 bridgehead atoms. The monoisotopic (exact) mass is 251 g/mol. The Morgan fingerprint density at radius 1 is 1.39 bits per heavy atom. The van der Waals surface area contributed by atoms with Crippen LogP contribution in [0.1, 0.15) is 44.4 Å². The molecule has 18 heavy (non-hydrogen) atoms. The second-order valence-corrected chi connectivity index (χ2v) is 4.36. The van der Waals surface area contributed by atoms with Crippen molar-refractivity contribution < 1.29 is 4.74 Å².